The first-order valence-electron chi connectivity index (χ1n) is 5.67. The molecule has 0 spiro atoms. The molecule has 0 saturated carbocycles. The number of ether oxygens (including phenoxy) is 2. The van der Waals surface area contributed by atoms with Crippen LogP contribution in [0.4, 0.5) is 0 Å². The predicted octanol–water partition coefficient (Wildman–Crippen LogP) is 1.97. The fourth-order valence-electron chi connectivity index (χ4n) is 2.21. The Morgan fingerprint density at radius 3 is 2.56 bits per heavy atom. The second-order valence-electron chi connectivity index (χ2n) is 4.45. The van der Waals surface area contributed by atoms with Crippen LogP contribution in [0, 0.1) is 6.92 Å². The molecule has 0 unspecified atom stereocenters. The van der Waals surface area contributed by atoms with Crippen LogP contribution in [0.2, 0.25) is 0 Å². The molecular weight excluding hydrogens is 202 g/mol. The lowest BCUT2D eigenvalue weighted by Gasteiger charge is -2.34. The molecule has 0 aromatic heterocycles. The summed E-state index contributed by atoms with van der Waals surface area (Å²) in [5, 5.41) is 0. The maximum Gasteiger partial charge on any atom is 0.121 e. The van der Waals surface area contributed by atoms with Gasteiger partial charge in [-0.2, -0.15) is 0 Å². The summed E-state index contributed by atoms with van der Waals surface area (Å²) in [6.07, 6.45) is 1.78. The molecule has 0 atom stereocenters. The van der Waals surface area contributed by atoms with Gasteiger partial charge in [-0.25, -0.2) is 0 Å². The van der Waals surface area contributed by atoms with Crippen LogP contribution in [0.3, 0.4) is 0 Å². The molecular formula is C13H19NO2. The van der Waals surface area contributed by atoms with Crippen LogP contribution in [-0.2, 0) is 10.3 Å². The Labute approximate surface area is 96.5 Å². The van der Waals surface area contributed by atoms with Crippen LogP contribution >= 0.6 is 0 Å². The third kappa shape index (κ3) is 2.06. The van der Waals surface area contributed by atoms with E-state index in [-0.39, 0.29) is 5.54 Å². The Morgan fingerprint density at radius 2 is 2.00 bits per heavy atom. The van der Waals surface area contributed by atoms with E-state index in [0.717, 1.165) is 37.4 Å². The molecule has 1 aromatic rings. The van der Waals surface area contributed by atoms with Gasteiger partial charge in [0.25, 0.3) is 0 Å². The standard InChI is InChI=1S/C13H19NO2/c1-10-9-11(3-4-12(10)15-2)13(14)5-7-16-8-6-13/h3-4,9H,5-8,14H2,1-2H3. The molecule has 1 aromatic carbocycles. The zero-order chi connectivity index (χ0) is 11.6. The molecule has 0 radical (unpaired) electrons. The Balaban J connectivity index is 2.29. The summed E-state index contributed by atoms with van der Waals surface area (Å²) in [4.78, 5) is 0. The van der Waals surface area contributed by atoms with Crippen LogP contribution in [0.1, 0.15) is 24.0 Å². The molecule has 1 saturated heterocycles. The number of methoxy groups -OCH3 is 1. The fraction of sp³-hybridized carbons (Fsp3) is 0.538. The molecule has 2 rings (SSSR count). The molecule has 0 amide bonds. The molecule has 1 aliphatic rings. The summed E-state index contributed by atoms with van der Waals surface area (Å²) in [7, 11) is 1.69. The van der Waals surface area contributed by atoms with Crippen molar-refractivity contribution >= 4 is 0 Å². The smallest absolute Gasteiger partial charge is 0.121 e. The number of hydrogen-bond acceptors (Lipinski definition) is 3. The number of benzene rings is 1. The van der Waals surface area contributed by atoms with E-state index in [9.17, 15) is 0 Å². The van der Waals surface area contributed by atoms with Gasteiger partial charge in [-0.15, -0.1) is 0 Å². The van der Waals surface area contributed by atoms with E-state index in [2.05, 4.69) is 12.1 Å². The maximum absolute atomic E-state index is 6.42. The minimum atomic E-state index is -0.227. The van der Waals surface area contributed by atoms with Gasteiger partial charge in [0.2, 0.25) is 0 Å². The van der Waals surface area contributed by atoms with Gasteiger partial charge in [-0.05, 0) is 37.0 Å². The predicted molar refractivity (Wildman–Crippen MR) is 63.6 cm³/mol. The quantitative estimate of drug-likeness (QED) is 0.830. The lowest BCUT2D eigenvalue weighted by molar-refractivity contribution is 0.0522. The lowest BCUT2D eigenvalue weighted by Crippen LogP contribution is -2.42. The Morgan fingerprint density at radius 1 is 1.31 bits per heavy atom. The normalized spacial score (nSPS) is 19.4. The zero-order valence-electron chi connectivity index (χ0n) is 9.95. The molecule has 3 heteroatoms. The third-order valence-corrected chi connectivity index (χ3v) is 3.35. The van der Waals surface area contributed by atoms with Crippen molar-refractivity contribution in [3.8, 4) is 5.75 Å². The Hall–Kier alpha value is -1.06. The fourth-order valence-corrected chi connectivity index (χ4v) is 2.21. The topological polar surface area (TPSA) is 44.5 Å². The van der Waals surface area contributed by atoms with Crippen molar-refractivity contribution in [2.45, 2.75) is 25.3 Å². The number of rotatable bonds is 2. The number of aryl methyl sites for hydroxylation is 1. The molecule has 0 aliphatic carbocycles. The summed E-state index contributed by atoms with van der Waals surface area (Å²) < 4.78 is 10.6. The molecule has 2 N–H and O–H groups in total. The summed E-state index contributed by atoms with van der Waals surface area (Å²) in [5.74, 6) is 0.916. The van der Waals surface area contributed by atoms with E-state index in [1.807, 2.05) is 13.0 Å². The van der Waals surface area contributed by atoms with E-state index in [0.29, 0.717) is 0 Å². The average molecular weight is 221 g/mol. The monoisotopic (exact) mass is 221 g/mol. The van der Waals surface area contributed by atoms with Gasteiger partial charge in [-0.1, -0.05) is 12.1 Å². The van der Waals surface area contributed by atoms with Crippen LogP contribution in [-0.4, -0.2) is 20.3 Å². The molecule has 1 aliphatic heterocycles. The van der Waals surface area contributed by atoms with Crippen molar-refractivity contribution in [1.82, 2.24) is 0 Å². The molecule has 16 heavy (non-hydrogen) atoms. The lowest BCUT2D eigenvalue weighted by atomic mass is 9.83. The van der Waals surface area contributed by atoms with Gasteiger partial charge < -0.3 is 15.2 Å². The molecule has 0 bridgehead atoms. The number of nitrogens with two attached hydrogens (primary N) is 1. The van der Waals surface area contributed by atoms with E-state index in [4.69, 9.17) is 15.2 Å². The summed E-state index contributed by atoms with van der Waals surface area (Å²) >= 11 is 0. The highest BCUT2D eigenvalue weighted by atomic mass is 16.5. The van der Waals surface area contributed by atoms with Gasteiger partial charge in [0.05, 0.1) is 7.11 Å². The third-order valence-electron chi connectivity index (χ3n) is 3.35. The van der Waals surface area contributed by atoms with Gasteiger partial charge in [0, 0.05) is 18.8 Å². The summed E-state index contributed by atoms with van der Waals surface area (Å²) in [5.41, 5.74) is 8.52. The summed E-state index contributed by atoms with van der Waals surface area (Å²) in [6, 6.07) is 6.19. The van der Waals surface area contributed by atoms with Gasteiger partial charge in [0.15, 0.2) is 0 Å². The summed E-state index contributed by atoms with van der Waals surface area (Å²) in [6.45, 7) is 3.55. The SMILES string of the molecule is COc1ccc(C2(N)CCOCC2)cc1C. The van der Waals surface area contributed by atoms with Crippen molar-refractivity contribution in [3.05, 3.63) is 29.3 Å². The minimum Gasteiger partial charge on any atom is -0.496 e. The highest BCUT2D eigenvalue weighted by Gasteiger charge is 2.30. The second-order valence-corrected chi connectivity index (χ2v) is 4.45. The van der Waals surface area contributed by atoms with Crippen molar-refractivity contribution in [1.29, 1.82) is 0 Å². The largest absolute Gasteiger partial charge is 0.496 e. The van der Waals surface area contributed by atoms with Gasteiger partial charge >= 0.3 is 0 Å². The van der Waals surface area contributed by atoms with Crippen molar-refractivity contribution in [3.63, 3.8) is 0 Å². The van der Waals surface area contributed by atoms with Crippen molar-refractivity contribution in [2.24, 2.45) is 5.73 Å². The molecule has 1 fully saturated rings. The Bertz CT molecular complexity index is 370. The first kappa shape index (κ1) is 11.4. The van der Waals surface area contributed by atoms with Gasteiger partial charge in [0.1, 0.15) is 5.75 Å². The van der Waals surface area contributed by atoms with Crippen LogP contribution in [0.25, 0.3) is 0 Å². The van der Waals surface area contributed by atoms with Crippen LogP contribution in [0.15, 0.2) is 18.2 Å². The van der Waals surface area contributed by atoms with Crippen molar-refractivity contribution in [2.75, 3.05) is 20.3 Å². The zero-order valence-corrected chi connectivity index (χ0v) is 9.95. The first-order valence-corrected chi connectivity index (χ1v) is 5.67. The van der Waals surface area contributed by atoms with Crippen LogP contribution < -0.4 is 10.5 Å². The first-order chi connectivity index (χ1) is 7.65. The molecule has 88 valence electrons. The highest BCUT2D eigenvalue weighted by molar-refractivity contribution is 5.39. The maximum atomic E-state index is 6.42. The highest BCUT2D eigenvalue weighted by Crippen LogP contribution is 2.31. The number of hydrogen-bond donors (Lipinski definition) is 1. The molecule has 1 heterocycles. The Kier molecular flexibility index (Phi) is 3.17. The second kappa shape index (κ2) is 4.44. The van der Waals surface area contributed by atoms with E-state index in [1.165, 1.54) is 5.56 Å². The minimum absolute atomic E-state index is 0.227. The molecule has 3 nitrogen and oxygen atoms in total. The van der Waals surface area contributed by atoms with Crippen LogP contribution in [0.5, 0.6) is 5.75 Å². The van der Waals surface area contributed by atoms with Gasteiger partial charge in [-0.3, -0.25) is 0 Å². The van der Waals surface area contributed by atoms with Crippen molar-refractivity contribution < 1.29 is 9.47 Å². The van der Waals surface area contributed by atoms with E-state index in [1.54, 1.807) is 7.11 Å². The van der Waals surface area contributed by atoms with E-state index >= 15 is 0 Å². The van der Waals surface area contributed by atoms with E-state index < -0.39 is 0 Å². The average Bonchev–Trinajstić information content (AvgIpc) is 2.30.